The summed E-state index contributed by atoms with van der Waals surface area (Å²) >= 11 is 0. The number of ether oxygens (including phenoxy) is 8. The van der Waals surface area contributed by atoms with Gasteiger partial charge in [-0.3, -0.25) is 0 Å². The highest BCUT2D eigenvalue weighted by molar-refractivity contribution is 7.98. The lowest BCUT2D eigenvalue weighted by molar-refractivity contribution is 0.230. The van der Waals surface area contributed by atoms with Crippen molar-refractivity contribution in [2.24, 2.45) is 23.7 Å². The first-order valence-electron chi connectivity index (χ1n) is 42.1. The summed E-state index contributed by atoms with van der Waals surface area (Å²) in [6, 6.07) is 19.8. The van der Waals surface area contributed by atoms with Gasteiger partial charge in [-0.1, -0.05) is 132 Å². The van der Waals surface area contributed by atoms with Crippen molar-refractivity contribution >= 4 is 54.5 Å². The molecule has 0 radical (unpaired) electrons. The van der Waals surface area contributed by atoms with Gasteiger partial charge in [-0.05, 0) is 223 Å². The van der Waals surface area contributed by atoms with Gasteiger partial charge in [0.25, 0.3) is 0 Å². The van der Waals surface area contributed by atoms with Crippen LogP contribution in [0.25, 0.3) is 0 Å². The maximum atomic E-state index is 7.55. The second-order valence-electron chi connectivity index (χ2n) is 31.2. The van der Waals surface area contributed by atoms with Gasteiger partial charge in [-0.25, -0.2) is 0 Å². The molecule has 0 N–H and O–H groups in total. The molecule has 0 spiro atoms. The molecule has 0 aromatic heterocycles. The lowest BCUT2D eigenvalue weighted by Gasteiger charge is -2.27. The normalized spacial score (nSPS) is 18.8. The Labute approximate surface area is 644 Å². The Kier molecular flexibility index (Phi) is 36.9. The van der Waals surface area contributed by atoms with E-state index in [2.05, 4.69) is 111 Å². The van der Waals surface area contributed by atoms with Gasteiger partial charge in [-0.2, -0.15) is 0 Å². The van der Waals surface area contributed by atoms with Gasteiger partial charge in [0.1, 0.15) is 115 Å². The van der Waals surface area contributed by atoms with E-state index in [4.69, 9.17) is 37.9 Å². The first-order valence-corrected chi connectivity index (χ1v) is 50.3. The van der Waals surface area contributed by atoms with Crippen molar-refractivity contribution in [2.45, 2.75) is 276 Å². The summed E-state index contributed by atoms with van der Waals surface area (Å²) in [5, 5.41) is 1.11. The minimum absolute atomic E-state index is 0.0910. The fraction of sp³-hybridized carbons (Fsp3) is 0.733. The standard InChI is InChI=1S/C90H145O8S5/c1-14-22-36-68(18-5)63-95-80-60-77(85(92-11)52-72(80)40-51-99-41-26-27-42-99)88(101-45-30-31-46-101)57-74-54-87(94-13)79(62-82(74)97-65-70(20-7)38-24-16-3)90(103-49-34-35-50-103)58-75-55-86(93-12)78(61-83(75)98-66-71(21-8)39-25-17-4)89(102-47-32-33-48-102)56-73-53-84(91-10)76(67(9)100-43-28-29-44-100)59-81(73)96-64-69(19-6)37-23-15-2/h52-55,59-62,67-71,88-90H,14-51,56-58,63-66H2,1-13H3/q+5. The van der Waals surface area contributed by atoms with Crippen molar-refractivity contribution in [2.75, 3.05) is 118 Å². The minimum Gasteiger partial charge on any atom is -0.496 e. The number of rotatable bonds is 49. The lowest BCUT2D eigenvalue weighted by atomic mass is 9.94. The van der Waals surface area contributed by atoms with Crippen LogP contribution in [0.15, 0.2) is 48.5 Å². The highest BCUT2D eigenvalue weighted by Gasteiger charge is 2.44. The Hall–Kier alpha value is -2.97. The van der Waals surface area contributed by atoms with E-state index in [9.17, 15) is 0 Å². The van der Waals surface area contributed by atoms with Gasteiger partial charge >= 0.3 is 0 Å². The average Bonchev–Trinajstić information content (AvgIpc) is 1.79. The molecule has 4 aromatic carbocycles. The van der Waals surface area contributed by atoms with E-state index in [1.165, 1.54) is 249 Å². The van der Waals surface area contributed by atoms with Crippen molar-refractivity contribution in [1.82, 2.24) is 0 Å². The molecule has 5 aliphatic rings. The Morgan fingerprint density at radius 2 is 0.573 bits per heavy atom. The van der Waals surface area contributed by atoms with Crippen LogP contribution >= 0.6 is 0 Å². The fourth-order valence-electron chi connectivity index (χ4n) is 17.0. The minimum atomic E-state index is 0.0910. The highest BCUT2D eigenvalue weighted by atomic mass is 32.2. The molecule has 103 heavy (non-hydrogen) atoms. The molecule has 8 nitrogen and oxygen atoms in total. The molecule has 0 aliphatic carbocycles. The van der Waals surface area contributed by atoms with Gasteiger partial charge in [0.05, 0.1) is 71.6 Å². The zero-order chi connectivity index (χ0) is 72.9. The quantitative estimate of drug-likeness (QED) is 0.0405. The van der Waals surface area contributed by atoms with Crippen LogP contribution in [0, 0.1) is 23.7 Å². The third kappa shape index (κ3) is 24.0. The zero-order valence-electron chi connectivity index (χ0n) is 67.4. The average molecular weight is 1520 g/mol. The van der Waals surface area contributed by atoms with E-state index in [-0.39, 0.29) is 48.4 Å². The van der Waals surface area contributed by atoms with Crippen molar-refractivity contribution < 1.29 is 37.9 Å². The van der Waals surface area contributed by atoms with Crippen molar-refractivity contribution in [3.8, 4) is 46.0 Å². The van der Waals surface area contributed by atoms with Gasteiger partial charge in [-0.15, -0.1) is 0 Å². The second-order valence-corrected chi connectivity index (χ2v) is 43.7. The lowest BCUT2D eigenvalue weighted by Crippen LogP contribution is -2.23. The number of aryl methyl sites for hydroxylation is 1. The molecule has 5 fully saturated rings. The Balaban J connectivity index is 1.16. The van der Waals surface area contributed by atoms with Crippen LogP contribution in [-0.2, 0) is 80.2 Å². The molecule has 9 rings (SSSR count). The number of unbranched alkanes of at least 4 members (excludes halogenated alkanes) is 4. The molecular formula is C90H145O8S5+5. The SMILES string of the molecule is CCCCC(CC)COc1cc(C(Cc2cc(OC)c(C(Cc3cc(OC)c(C(Cc4cc(OC)c(C(C)[S+]5CCCC5)cc4OCC(CC)CCCC)[S+]4CCCC4)cc3OCC(CC)CCCC)[S+]3CCCC3)cc2OCC(CC)CCCC)[S+]2CCCC2)c(OC)cc1CC[S+]1CCCC1. The maximum Gasteiger partial charge on any atom is 0.151 e. The summed E-state index contributed by atoms with van der Waals surface area (Å²) in [6.45, 7) is 24.2. The number of hydrogen-bond donors (Lipinski definition) is 0. The largest absolute Gasteiger partial charge is 0.496 e. The van der Waals surface area contributed by atoms with Crippen LogP contribution in [0.5, 0.6) is 46.0 Å². The van der Waals surface area contributed by atoms with Gasteiger partial charge in [0.2, 0.25) is 0 Å². The van der Waals surface area contributed by atoms with E-state index in [0.717, 1.165) is 117 Å². The Morgan fingerprint density at radius 1 is 0.311 bits per heavy atom. The highest BCUT2D eigenvalue weighted by Crippen LogP contribution is 2.50. The number of hydrogen-bond acceptors (Lipinski definition) is 8. The summed E-state index contributed by atoms with van der Waals surface area (Å²) in [5.74, 6) is 24.5. The van der Waals surface area contributed by atoms with Crippen LogP contribution in [0.4, 0.5) is 0 Å². The monoisotopic (exact) mass is 1510 g/mol. The molecular weight excluding hydrogens is 1370 g/mol. The summed E-state index contributed by atoms with van der Waals surface area (Å²) in [4.78, 5) is 0. The smallest absolute Gasteiger partial charge is 0.151 e. The van der Waals surface area contributed by atoms with Crippen LogP contribution in [-0.4, -0.2) is 118 Å². The van der Waals surface area contributed by atoms with Crippen LogP contribution < -0.4 is 37.9 Å². The van der Waals surface area contributed by atoms with Gasteiger partial charge in [0.15, 0.2) is 15.7 Å². The summed E-state index contributed by atoms with van der Waals surface area (Å²) in [6.07, 6.45) is 35.7. The third-order valence-corrected chi connectivity index (χ3v) is 38.1. The van der Waals surface area contributed by atoms with Crippen molar-refractivity contribution in [3.05, 3.63) is 93.0 Å². The van der Waals surface area contributed by atoms with E-state index in [0.29, 0.717) is 57.3 Å². The molecule has 5 saturated heterocycles. The molecule has 0 amide bonds. The predicted molar refractivity (Wildman–Crippen MR) is 455 cm³/mol. The van der Waals surface area contributed by atoms with Gasteiger partial charge in [0, 0.05) is 53.5 Å². The van der Waals surface area contributed by atoms with Crippen LogP contribution in [0.3, 0.4) is 0 Å². The number of benzene rings is 4. The predicted octanol–water partition coefficient (Wildman–Crippen LogP) is 22.6. The summed E-state index contributed by atoms with van der Waals surface area (Å²) in [5.41, 5.74) is 10.4. The van der Waals surface area contributed by atoms with E-state index < -0.39 is 0 Å². The molecule has 5 heterocycles. The molecule has 13 heteroatoms. The summed E-state index contributed by atoms with van der Waals surface area (Å²) in [7, 11) is 8.90. The molecule has 8 atom stereocenters. The molecule has 0 bridgehead atoms. The first kappa shape index (κ1) is 84.1. The third-order valence-electron chi connectivity index (χ3n) is 24.2. The van der Waals surface area contributed by atoms with Crippen molar-refractivity contribution in [3.63, 3.8) is 0 Å². The van der Waals surface area contributed by atoms with Crippen molar-refractivity contribution in [1.29, 1.82) is 0 Å². The maximum absolute atomic E-state index is 7.55. The molecule has 8 unspecified atom stereocenters. The molecule has 578 valence electrons. The molecule has 0 saturated carbocycles. The van der Waals surface area contributed by atoms with Crippen LogP contribution in [0.1, 0.15) is 295 Å². The summed E-state index contributed by atoms with van der Waals surface area (Å²) < 4.78 is 56.5. The van der Waals surface area contributed by atoms with E-state index in [1.807, 2.05) is 28.4 Å². The fourth-order valence-corrected chi connectivity index (χ4v) is 30.6. The van der Waals surface area contributed by atoms with E-state index >= 15 is 0 Å². The Morgan fingerprint density at radius 3 is 0.864 bits per heavy atom. The topological polar surface area (TPSA) is 73.8 Å². The first-order chi connectivity index (χ1) is 50.4. The second kappa shape index (κ2) is 45.2. The molecule has 4 aromatic rings. The molecule has 5 aliphatic heterocycles. The Bertz CT molecular complexity index is 3070. The number of methoxy groups -OCH3 is 4. The van der Waals surface area contributed by atoms with Gasteiger partial charge < -0.3 is 37.9 Å². The van der Waals surface area contributed by atoms with Crippen LogP contribution in [0.2, 0.25) is 0 Å². The van der Waals surface area contributed by atoms with E-state index in [1.54, 1.807) is 0 Å². The zero-order valence-corrected chi connectivity index (χ0v) is 71.4.